The maximum Gasteiger partial charge on any atom is 0.256 e. The lowest BCUT2D eigenvalue weighted by molar-refractivity contribution is 0.617. The van der Waals surface area contributed by atoms with Gasteiger partial charge in [-0.2, -0.15) is 0 Å². The summed E-state index contributed by atoms with van der Waals surface area (Å²) in [6.45, 7) is 3.91. The Morgan fingerprint density at radius 2 is 2.00 bits per heavy atom. The van der Waals surface area contributed by atoms with Crippen LogP contribution >= 0.6 is 11.8 Å². The molecule has 0 aliphatic heterocycles. The van der Waals surface area contributed by atoms with Gasteiger partial charge >= 0.3 is 0 Å². The molecule has 3 aromatic rings. The van der Waals surface area contributed by atoms with Crippen molar-refractivity contribution in [2.45, 2.75) is 24.8 Å². The van der Waals surface area contributed by atoms with Crippen LogP contribution in [-0.4, -0.2) is 19.6 Å². The average Bonchev–Trinajstić information content (AvgIpc) is 2.81. The minimum absolute atomic E-state index is 0.195. The lowest BCUT2D eigenvalue weighted by atomic mass is 10.2. The number of thioether (sulfide) groups is 1. The lowest BCUT2D eigenvalue weighted by Gasteiger charge is -2.04. The molecule has 0 radical (unpaired) electrons. The predicted octanol–water partition coefficient (Wildman–Crippen LogP) is 3.17. The van der Waals surface area contributed by atoms with E-state index in [-0.39, 0.29) is 5.82 Å². The van der Waals surface area contributed by atoms with Crippen molar-refractivity contribution in [3.63, 3.8) is 0 Å². The van der Waals surface area contributed by atoms with Gasteiger partial charge in [0, 0.05) is 17.1 Å². The van der Waals surface area contributed by atoms with Crippen LogP contribution in [0.2, 0.25) is 0 Å². The lowest BCUT2D eigenvalue weighted by Crippen LogP contribution is -1.98. The van der Waals surface area contributed by atoms with Crippen LogP contribution in [0.4, 0.5) is 4.39 Å². The molecule has 0 aliphatic rings. The van der Waals surface area contributed by atoms with E-state index in [1.165, 1.54) is 17.8 Å². The molecular formula is C14H13FN4S. The molecule has 0 bridgehead atoms. The Balaban J connectivity index is 1.90. The number of aromatic nitrogens is 4. The van der Waals surface area contributed by atoms with E-state index in [0.29, 0.717) is 17.1 Å². The Hall–Kier alpha value is -1.95. The summed E-state index contributed by atoms with van der Waals surface area (Å²) in [7, 11) is 0. The first-order chi connectivity index (χ1) is 9.65. The molecule has 0 spiro atoms. The summed E-state index contributed by atoms with van der Waals surface area (Å²) in [5, 5.41) is 8.93. The van der Waals surface area contributed by atoms with Crippen LogP contribution in [0.25, 0.3) is 5.78 Å². The zero-order chi connectivity index (χ0) is 14.1. The van der Waals surface area contributed by atoms with Crippen molar-refractivity contribution in [3.8, 4) is 0 Å². The highest BCUT2D eigenvalue weighted by Gasteiger charge is 2.11. The molecule has 2 heterocycles. The number of benzene rings is 1. The molecule has 2 aromatic heterocycles. The topological polar surface area (TPSA) is 43.1 Å². The average molecular weight is 288 g/mol. The summed E-state index contributed by atoms with van der Waals surface area (Å²) < 4.78 is 15.5. The van der Waals surface area contributed by atoms with E-state index in [9.17, 15) is 4.39 Å². The second kappa shape index (κ2) is 5.20. The van der Waals surface area contributed by atoms with Crippen molar-refractivity contribution >= 4 is 17.5 Å². The zero-order valence-corrected chi connectivity index (χ0v) is 12.0. The Morgan fingerprint density at radius 1 is 1.20 bits per heavy atom. The second-order valence-electron chi connectivity index (χ2n) is 4.54. The van der Waals surface area contributed by atoms with E-state index in [0.717, 1.165) is 16.5 Å². The molecule has 4 nitrogen and oxygen atoms in total. The molecule has 102 valence electrons. The number of fused-ring (bicyclic) bond motifs is 1. The van der Waals surface area contributed by atoms with Gasteiger partial charge in [-0.05, 0) is 31.5 Å². The Bertz CT molecular complexity index is 769. The van der Waals surface area contributed by atoms with Crippen molar-refractivity contribution in [1.29, 1.82) is 0 Å². The van der Waals surface area contributed by atoms with Crippen LogP contribution in [-0.2, 0) is 5.75 Å². The minimum atomic E-state index is -0.195. The number of hydrogen-bond donors (Lipinski definition) is 0. The van der Waals surface area contributed by atoms with Gasteiger partial charge in [-0.25, -0.2) is 9.37 Å². The molecule has 0 saturated carbocycles. The highest BCUT2D eigenvalue weighted by molar-refractivity contribution is 7.98. The van der Waals surface area contributed by atoms with Crippen LogP contribution in [0, 0.1) is 19.7 Å². The van der Waals surface area contributed by atoms with Crippen LogP contribution in [0.15, 0.2) is 35.5 Å². The third kappa shape index (κ3) is 2.38. The van der Waals surface area contributed by atoms with Crippen molar-refractivity contribution in [2.75, 3.05) is 0 Å². The third-order valence-corrected chi connectivity index (χ3v) is 3.96. The maximum absolute atomic E-state index is 13.6. The van der Waals surface area contributed by atoms with Gasteiger partial charge < -0.3 is 0 Å². The summed E-state index contributed by atoms with van der Waals surface area (Å²) in [4.78, 5) is 4.33. The van der Waals surface area contributed by atoms with Gasteiger partial charge in [0.2, 0.25) is 0 Å². The second-order valence-corrected chi connectivity index (χ2v) is 5.48. The maximum atomic E-state index is 13.6. The van der Waals surface area contributed by atoms with Gasteiger partial charge in [0.15, 0.2) is 5.16 Å². The molecule has 0 saturated heterocycles. The summed E-state index contributed by atoms with van der Waals surface area (Å²) in [6, 6.07) is 8.74. The Labute approximate surface area is 120 Å². The fraction of sp³-hybridized carbons (Fsp3) is 0.214. The van der Waals surface area contributed by atoms with E-state index in [2.05, 4.69) is 15.2 Å². The van der Waals surface area contributed by atoms with E-state index < -0.39 is 0 Å². The standard InChI is InChI=1S/C14H13FN4S/c1-9-7-10(2)19-13(16-9)17-18-14(19)20-8-11-5-3-4-6-12(11)15/h3-7H,8H2,1-2H3. The molecule has 3 rings (SSSR count). The highest BCUT2D eigenvalue weighted by atomic mass is 32.2. The van der Waals surface area contributed by atoms with E-state index in [1.54, 1.807) is 12.1 Å². The fourth-order valence-corrected chi connectivity index (χ4v) is 3.02. The summed E-state index contributed by atoms with van der Waals surface area (Å²) in [6.07, 6.45) is 0. The molecule has 6 heteroatoms. The Morgan fingerprint density at radius 3 is 2.80 bits per heavy atom. The number of halogens is 1. The van der Waals surface area contributed by atoms with Gasteiger partial charge in [-0.3, -0.25) is 4.40 Å². The van der Waals surface area contributed by atoms with Gasteiger partial charge in [-0.15, -0.1) is 10.2 Å². The summed E-state index contributed by atoms with van der Waals surface area (Å²) in [5.74, 6) is 0.902. The van der Waals surface area contributed by atoms with E-state index >= 15 is 0 Å². The van der Waals surface area contributed by atoms with Crippen molar-refractivity contribution < 1.29 is 4.39 Å². The largest absolute Gasteiger partial charge is 0.259 e. The quantitative estimate of drug-likeness (QED) is 0.694. The SMILES string of the molecule is Cc1cc(C)n2c(SCc3ccccc3F)nnc2n1. The van der Waals surface area contributed by atoms with Gasteiger partial charge in [0.05, 0.1) is 0 Å². The smallest absolute Gasteiger partial charge is 0.256 e. The van der Waals surface area contributed by atoms with Crippen molar-refractivity contribution in [2.24, 2.45) is 0 Å². The number of aryl methyl sites for hydroxylation is 2. The molecule has 0 unspecified atom stereocenters. The van der Waals surface area contributed by atoms with E-state index in [4.69, 9.17) is 0 Å². The first-order valence-corrected chi connectivity index (χ1v) is 7.19. The normalized spacial score (nSPS) is 11.2. The first-order valence-electron chi connectivity index (χ1n) is 6.21. The highest BCUT2D eigenvalue weighted by Crippen LogP contribution is 2.23. The molecule has 0 N–H and O–H groups in total. The van der Waals surface area contributed by atoms with Gasteiger partial charge in [0.25, 0.3) is 5.78 Å². The molecule has 0 fully saturated rings. The minimum Gasteiger partial charge on any atom is -0.259 e. The fourth-order valence-electron chi connectivity index (χ4n) is 2.05. The monoisotopic (exact) mass is 288 g/mol. The zero-order valence-electron chi connectivity index (χ0n) is 11.2. The van der Waals surface area contributed by atoms with Crippen LogP contribution in [0.3, 0.4) is 0 Å². The van der Waals surface area contributed by atoms with Crippen LogP contribution in [0.1, 0.15) is 17.0 Å². The van der Waals surface area contributed by atoms with Crippen molar-refractivity contribution in [1.82, 2.24) is 19.6 Å². The molecule has 0 amide bonds. The molecule has 1 aromatic carbocycles. The van der Waals surface area contributed by atoms with Gasteiger partial charge in [0.1, 0.15) is 5.82 Å². The molecule has 0 aliphatic carbocycles. The van der Waals surface area contributed by atoms with E-state index in [1.807, 2.05) is 30.4 Å². The van der Waals surface area contributed by atoms with Crippen molar-refractivity contribution in [3.05, 3.63) is 53.1 Å². The Kier molecular flexibility index (Phi) is 3.40. The molecular weight excluding hydrogens is 275 g/mol. The first kappa shape index (κ1) is 13.1. The molecule has 20 heavy (non-hydrogen) atoms. The van der Waals surface area contributed by atoms with Gasteiger partial charge in [-0.1, -0.05) is 30.0 Å². The number of hydrogen-bond acceptors (Lipinski definition) is 4. The predicted molar refractivity (Wildman–Crippen MR) is 76.2 cm³/mol. The van der Waals surface area contributed by atoms with Crippen LogP contribution in [0.5, 0.6) is 0 Å². The summed E-state index contributed by atoms with van der Waals surface area (Å²) >= 11 is 1.45. The number of rotatable bonds is 3. The number of nitrogens with zero attached hydrogens (tertiary/aromatic N) is 4. The third-order valence-electron chi connectivity index (χ3n) is 2.98. The van der Waals surface area contributed by atoms with Crippen LogP contribution < -0.4 is 0 Å². The molecule has 0 atom stereocenters. The summed E-state index contributed by atoms with van der Waals surface area (Å²) in [5.41, 5.74) is 2.59.